The summed E-state index contributed by atoms with van der Waals surface area (Å²) >= 11 is 0. The highest BCUT2D eigenvalue weighted by molar-refractivity contribution is 5.97. The number of likely N-dealkylation sites (tertiary alicyclic amines) is 1. The maximum Gasteiger partial charge on any atom is 0.319 e. The van der Waals surface area contributed by atoms with Gasteiger partial charge in [-0.3, -0.25) is 4.79 Å². The monoisotopic (exact) mass is 460 g/mol. The molecule has 34 heavy (non-hydrogen) atoms. The van der Waals surface area contributed by atoms with Gasteiger partial charge in [0.15, 0.2) is 0 Å². The Balaban J connectivity index is 1.32. The van der Waals surface area contributed by atoms with E-state index in [0.29, 0.717) is 42.4 Å². The Kier molecular flexibility index (Phi) is 7.81. The van der Waals surface area contributed by atoms with Gasteiger partial charge in [-0.2, -0.15) is 5.26 Å². The fraction of sp³-hybridized carbons (Fsp3) is 0.444. The van der Waals surface area contributed by atoms with E-state index in [-0.39, 0.29) is 18.0 Å². The molecule has 2 aliphatic heterocycles. The maximum absolute atomic E-state index is 13.2. The van der Waals surface area contributed by atoms with Gasteiger partial charge in [0.05, 0.1) is 17.7 Å². The topological polar surface area (TPSA) is 94.5 Å². The van der Waals surface area contributed by atoms with Gasteiger partial charge in [0.1, 0.15) is 0 Å². The molecule has 0 radical (unpaired) electrons. The van der Waals surface area contributed by atoms with E-state index in [1.165, 1.54) is 5.56 Å². The van der Waals surface area contributed by atoms with E-state index in [2.05, 4.69) is 16.7 Å². The number of aryl methyl sites for hydroxylation is 1. The zero-order valence-corrected chi connectivity index (χ0v) is 19.7. The first-order chi connectivity index (χ1) is 16.5. The number of amides is 3. The first kappa shape index (κ1) is 23.8. The summed E-state index contributed by atoms with van der Waals surface area (Å²) in [5.41, 5.74) is 4.00. The third-order valence-electron chi connectivity index (χ3n) is 6.79. The van der Waals surface area contributed by atoms with Crippen molar-refractivity contribution in [1.29, 1.82) is 5.26 Å². The van der Waals surface area contributed by atoms with Gasteiger partial charge in [0, 0.05) is 37.5 Å². The third-order valence-corrected chi connectivity index (χ3v) is 6.79. The summed E-state index contributed by atoms with van der Waals surface area (Å²) in [6.07, 6.45) is 5.02. The van der Waals surface area contributed by atoms with E-state index < -0.39 is 0 Å². The van der Waals surface area contributed by atoms with Crippen LogP contribution in [0.4, 0.5) is 10.5 Å². The Morgan fingerprint density at radius 1 is 1.09 bits per heavy atom. The second kappa shape index (κ2) is 11.2. The van der Waals surface area contributed by atoms with Crippen LogP contribution >= 0.6 is 0 Å². The van der Waals surface area contributed by atoms with Crippen LogP contribution < -0.4 is 10.6 Å². The fourth-order valence-electron chi connectivity index (χ4n) is 4.66. The molecule has 0 aliphatic carbocycles. The van der Waals surface area contributed by atoms with Crippen molar-refractivity contribution in [2.24, 2.45) is 0 Å². The zero-order valence-electron chi connectivity index (χ0n) is 19.7. The number of piperidine rings is 1. The molecule has 2 saturated heterocycles. The number of ether oxygens (including phenoxy) is 1. The van der Waals surface area contributed by atoms with Crippen molar-refractivity contribution < 1.29 is 14.3 Å². The minimum atomic E-state index is -0.287. The highest BCUT2D eigenvalue weighted by Gasteiger charge is 2.25. The molecule has 2 heterocycles. The van der Waals surface area contributed by atoms with Crippen LogP contribution in [-0.4, -0.2) is 49.2 Å². The summed E-state index contributed by atoms with van der Waals surface area (Å²) in [5, 5.41) is 14.7. The fourth-order valence-corrected chi connectivity index (χ4v) is 4.66. The Bertz CT molecular complexity index is 1050. The quantitative estimate of drug-likeness (QED) is 0.683. The third kappa shape index (κ3) is 5.95. The number of benzene rings is 2. The predicted molar refractivity (Wildman–Crippen MR) is 131 cm³/mol. The minimum Gasteiger partial charge on any atom is -0.376 e. The van der Waals surface area contributed by atoms with E-state index in [9.17, 15) is 9.59 Å². The lowest BCUT2D eigenvalue weighted by atomic mass is 9.89. The van der Waals surface area contributed by atoms with Crippen LogP contribution in [0.5, 0.6) is 0 Å². The van der Waals surface area contributed by atoms with Gasteiger partial charge in [0.25, 0.3) is 5.91 Å². The molecule has 7 nitrogen and oxygen atoms in total. The van der Waals surface area contributed by atoms with E-state index in [4.69, 9.17) is 10.00 Å². The number of urea groups is 1. The maximum atomic E-state index is 13.2. The van der Waals surface area contributed by atoms with Crippen molar-refractivity contribution >= 4 is 17.6 Å². The summed E-state index contributed by atoms with van der Waals surface area (Å²) < 4.78 is 5.66. The van der Waals surface area contributed by atoms with E-state index in [1.54, 1.807) is 6.07 Å². The molecule has 178 valence electrons. The van der Waals surface area contributed by atoms with Crippen LogP contribution in [0.3, 0.4) is 0 Å². The molecule has 0 aromatic heterocycles. The summed E-state index contributed by atoms with van der Waals surface area (Å²) in [4.78, 5) is 27.4. The number of carbonyl (C=O) groups excluding carboxylic acids is 2. The molecule has 1 atom stereocenters. The first-order valence-electron chi connectivity index (χ1n) is 12.1. The van der Waals surface area contributed by atoms with Crippen LogP contribution in [0, 0.1) is 18.3 Å². The molecule has 3 amide bonds. The first-order valence-corrected chi connectivity index (χ1v) is 12.1. The van der Waals surface area contributed by atoms with Crippen LogP contribution in [0.1, 0.15) is 65.1 Å². The second-order valence-corrected chi connectivity index (χ2v) is 9.15. The van der Waals surface area contributed by atoms with Gasteiger partial charge in [0.2, 0.25) is 0 Å². The number of nitriles is 1. The minimum absolute atomic E-state index is 0.0163. The number of anilines is 1. The van der Waals surface area contributed by atoms with E-state index in [1.807, 2.05) is 48.2 Å². The SMILES string of the molecule is Cc1ccc(C(=O)N2CCC(c3ccc(C#N)cc3)CC2)cc1NC(=O)NCC1CCCCO1. The van der Waals surface area contributed by atoms with Crippen LogP contribution in [0.2, 0.25) is 0 Å². The second-order valence-electron chi connectivity index (χ2n) is 9.15. The lowest BCUT2D eigenvalue weighted by molar-refractivity contribution is 0.0187. The molecule has 2 N–H and O–H groups in total. The van der Waals surface area contributed by atoms with Gasteiger partial charge in [-0.1, -0.05) is 18.2 Å². The molecular formula is C27H32N4O3. The molecule has 0 spiro atoms. The molecule has 2 aliphatic rings. The summed E-state index contributed by atoms with van der Waals surface area (Å²) in [6, 6.07) is 15.1. The molecule has 2 aromatic carbocycles. The Hall–Kier alpha value is -3.37. The summed E-state index contributed by atoms with van der Waals surface area (Å²) in [6.45, 7) is 4.51. The standard InChI is InChI=1S/C27H32N4O3/c1-19-5-8-23(16-25(19)30-27(33)29-18-24-4-2-3-15-34-24)26(32)31-13-11-22(12-14-31)21-9-6-20(17-28)7-10-21/h5-10,16,22,24H,2-4,11-15,18H2,1H3,(H2,29,30,33). The highest BCUT2D eigenvalue weighted by Crippen LogP contribution is 2.29. The van der Waals surface area contributed by atoms with E-state index in [0.717, 1.165) is 44.3 Å². The zero-order chi connectivity index (χ0) is 23.9. The normalized spacial score (nSPS) is 18.7. The number of hydrogen-bond donors (Lipinski definition) is 2. The van der Waals surface area contributed by atoms with Crippen molar-refractivity contribution in [3.05, 3.63) is 64.7 Å². The van der Waals surface area contributed by atoms with Crippen molar-refractivity contribution in [3.63, 3.8) is 0 Å². The van der Waals surface area contributed by atoms with Gasteiger partial charge >= 0.3 is 6.03 Å². The van der Waals surface area contributed by atoms with Crippen molar-refractivity contribution in [3.8, 4) is 6.07 Å². The van der Waals surface area contributed by atoms with Gasteiger partial charge < -0.3 is 20.3 Å². The van der Waals surface area contributed by atoms with Gasteiger partial charge in [-0.15, -0.1) is 0 Å². The summed E-state index contributed by atoms with van der Waals surface area (Å²) in [5.74, 6) is 0.376. The van der Waals surface area contributed by atoms with Crippen LogP contribution in [-0.2, 0) is 4.74 Å². The van der Waals surface area contributed by atoms with Gasteiger partial charge in [-0.25, -0.2) is 4.79 Å². The molecule has 4 rings (SSSR count). The number of hydrogen-bond acceptors (Lipinski definition) is 4. The number of nitrogens with one attached hydrogen (secondary N) is 2. The van der Waals surface area contributed by atoms with Crippen LogP contribution in [0.25, 0.3) is 0 Å². The molecule has 7 heteroatoms. The molecule has 0 bridgehead atoms. The highest BCUT2D eigenvalue weighted by atomic mass is 16.5. The average molecular weight is 461 g/mol. The van der Waals surface area contributed by atoms with Crippen molar-refractivity contribution in [2.75, 3.05) is 31.6 Å². The lowest BCUT2D eigenvalue weighted by Crippen LogP contribution is -2.38. The van der Waals surface area contributed by atoms with Crippen LogP contribution in [0.15, 0.2) is 42.5 Å². The lowest BCUT2D eigenvalue weighted by Gasteiger charge is -2.32. The average Bonchev–Trinajstić information content (AvgIpc) is 2.89. The van der Waals surface area contributed by atoms with Crippen molar-refractivity contribution in [2.45, 2.75) is 51.0 Å². The largest absolute Gasteiger partial charge is 0.376 e. The predicted octanol–water partition coefficient (Wildman–Crippen LogP) is 4.58. The molecule has 1 unspecified atom stereocenters. The Morgan fingerprint density at radius 3 is 2.53 bits per heavy atom. The van der Waals surface area contributed by atoms with E-state index >= 15 is 0 Å². The molecule has 2 aromatic rings. The number of carbonyl (C=O) groups is 2. The number of nitrogens with zero attached hydrogens (tertiary/aromatic N) is 2. The van der Waals surface area contributed by atoms with Gasteiger partial charge in [-0.05, 0) is 80.3 Å². The Labute approximate surface area is 201 Å². The smallest absolute Gasteiger partial charge is 0.319 e. The summed E-state index contributed by atoms with van der Waals surface area (Å²) in [7, 11) is 0. The van der Waals surface area contributed by atoms with Crippen molar-refractivity contribution in [1.82, 2.24) is 10.2 Å². The molecule has 0 saturated carbocycles. The molecule has 2 fully saturated rings. The Morgan fingerprint density at radius 2 is 1.85 bits per heavy atom. The molecular weight excluding hydrogens is 428 g/mol. The number of rotatable bonds is 5.